The topological polar surface area (TPSA) is 95.9 Å². The molecule has 1 aliphatic rings. The van der Waals surface area contributed by atoms with E-state index in [1.165, 1.54) is 11.8 Å². The van der Waals surface area contributed by atoms with Gasteiger partial charge in [-0.3, -0.25) is 14.9 Å². The molecule has 0 radical (unpaired) electrons. The Labute approximate surface area is 195 Å². The molecule has 7 nitrogen and oxygen atoms in total. The summed E-state index contributed by atoms with van der Waals surface area (Å²) < 4.78 is 44.8. The van der Waals surface area contributed by atoms with E-state index in [2.05, 4.69) is 5.32 Å². The van der Waals surface area contributed by atoms with Crippen LogP contribution >= 0.6 is 0 Å². The quantitative estimate of drug-likeness (QED) is 0.579. The smallest absolute Gasteiger partial charge is 0.326 e. The lowest BCUT2D eigenvalue weighted by Crippen LogP contribution is -2.56. The first-order valence-corrected chi connectivity index (χ1v) is 10.6. The third kappa shape index (κ3) is 5.73. The molecule has 0 saturated carbocycles. The summed E-state index contributed by atoms with van der Waals surface area (Å²) >= 11 is 0. The molecule has 2 aromatic carbocycles. The van der Waals surface area contributed by atoms with Gasteiger partial charge < -0.3 is 14.7 Å². The highest BCUT2D eigenvalue weighted by Gasteiger charge is 2.37. The summed E-state index contributed by atoms with van der Waals surface area (Å²) in [7, 11) is 0. The Hall–Kier alpha value is -3.19. The average molecular weight is 444 g/mol. The van der Waals surface area contributed by atoms with Gasteiger partial charge in [0.1, 0.15) is 12.1 Å². The molecular formula is C25H30N2O5. The lowest BCUT2D eigenvalue weighted by atomic mass is 9.93. The summed E-state index contributed by atoms with van der Waals surface area (Å²) in [5, 5.41) is 12.7. The number of carboxylic acid groups (broad SMARTS) is 1. The van der Waals surface area contributed by atoms with Crippen LogP contribution in [-0.4, -0.2) is 52.6 Å². The van der Waals surface area contributed by atoms with Crippen molar-refractivity contribution < 1.29 is 31.1 Å². The summed E-state index contributed by atoms with van der Waals surface area (Å²) in [5.74, 6) is -2.29. The van der Waals surface area contributed by atoms with Gasteiger partial charge in [-0.1, -0.05) is 54.5 Å². The molecule has 32 heavy (non-hydrogen) atoms. The van der Waals surface area contributed by atoms with Crippen LogP contribution < -0.4 is 5.32 Å². The van der Waals surface area contributed by atoms with Gasteiger partial charge >= 0.3 is 11.9 Å². The Morgan fingerprint density at radius 2 is 1.91 bits per heavy atom. The minimum absolute atomic E-state index is 0.00433. The van der Waals surface area contributed by atoms with Gasteiger partial charge in [-0.2, -0.15) is 0 Å². The average Bonchev–Trinajstić information content (AvgIpc) is 2.88. The maximum Gasteiger partial charge on any atom is 0.326 e. The standard InChI is InChI=1S/C25H30N2O5/c1-3-32-25(31)21(14-13-18-9-5-4-6-10-18)26-17(2)23(28)27-16-20-12-8-7-11-19(20)15-22(27)24(29)30/h4-12,17,21-22,26H,3,13-16H2,1-2H3,(H,29,30)/t17?,21-,22+/m1/s1/i4D,5D,6D,9D,10D. The van der Waals surface area contributed by atoms with Crippen LogP contribution in [0.25, 0.3) is 0 Å². The van der Waals surface area contributed by atoms with Crippen molar-refractivity contribution in [1.82, 2.24) is 10.2 Å². The minimum Gasteiger partial charge on any atom is -0.480 e. The fourth-order valence-corrected chi connectivity index (χ4v) is 3.80. The van der Waals surface area contributed by atoms with E-state index in [0.29, 0.717) is 0 Å². The molecule has 7 heteroatoms. The van der Waals surface area contributed by atoms with E-state index in [9.17, 15) is 19.5 Å². The van der Waals surface area contributed by atoms with Crippen molar-refractivity contribution in [3.8, 4) is 0 Å². The van der Waals surface area contributed by atoms with Crippen molar-refractivity contribution in [3.05, 3.63) is 71.2 Å². The minimum atomic E-state index is -1.13. The second kappa shape index (κ2) is 10.9. The van der Waals surface area contributed by atoms with Gasteiger partial charge in [0, 0.05) is 13.0 Å². The zero-order chi connectivity index (χ0) is 27.4. The first-order chi connectivity index (χ1) is 17.5. The molecule has 1 aliphatic heterocycles. The molecule has 1 unspecified atom stereocenters. The Morgan fingerprint density at radius 1 is 1.22 bits per heavy atom. The molecule has 1 heterocycles. The number of esters is 1. The molecular weight excluding hydrogens is 408 g/mol. The van der Waals surface area contributed by atoms with Crippen molar-refractivity contribution in [2.75, 3.05) is 6.61 Å². The summed E-state index contributed by atoms with van der Waals surface area (Å²) in [6, 6.07) is 2.13. The van der Waals surface area contributed by atoms with Crippen LogP contribution in [0.2, 0.25) is 0 Å². The van der Waals surface area contributed by atoms with Crippen molar-refractivity contribution in [2.45, 2.75) is 57.8 Å². The molecule has 170 valence electrons. The first kappa shape index (κ1) is 17.4. The normalized spacial score (nSPS) is 19.4. The van der Waals surface area contributed by atoms with Gasteiger partial charge in [0.2, 0.25) is 5.91 Å². The number of amides is 1. The van der Waals surface area contributed by atoms with Crippen LogP contribution in [0.4, 0.5) is 0 Å². The number of carbonyl (C=O) groups excluding carboxylic acids is 2. The van der Waals surface area contributed by atoms with Gasteiger partial charge in [0.15, 0.2) is 0 Å². The lowest BCUT2D eigenvalue weighted by Gasteiger charge is -2.36. The Morgan fingerprint density at radius 3 is 2.56 bits per heavy atom. The zero-order valence-electron chi connectivity index (χ0n) is 23.1. The predicted molar refractivity (Wildman–Crippen MR) is 120 cm³/mol. The van der Waals surface area contributed by atoms with E-state index in [4.69, 9.17) is 11.6 Å². The Balaban J connectivity index is 1.80. The summed E-state index contributed by atoms with van der Waals surface area (Å²) in [6.45, 7) is 3.35. The van der Waals surface area contributed by atoms with Gasteiger partial charge in [0.05, 0.1) is 19.5 Å². The fraction of sp³-hybridized carbons (Fsp3) is 0.400. The third-order valence-corrected chi connectivity index (χ3v) is 5.44. The lowest BCUT2D eigenvalue weighted by molar-refractivity contribution is -0.153. The third-order valence-electron chi connectivity index (χ3n) is 5.44. The largest absolute Gasteiger partial charge is 0.480 e. The highest BCUT2D eigenvalue weighted by molar-refractivity contribution is 5.88. The summed E-state index contributed by atoms with van der Waals surface area (Å²) in [6.07, 6.45) is 0.123. The zero-order valence-corrected chi connectivity index (χ0v) is 18.1. The molecule has 0 aliphatic carbocycles. The predicted octanol–water partition coefficient (Wildman–Crippen LogP) is 2.57. The van der Waals surface area contributed by atoms with E-state index in [1.807, 2.05) is 24.3 Å². The molecule has 0 fully saturated rings. The summed E-state index contributed by atoms with van der Waals surface area (Å²) in [5.41, 5.74) is 1.77. The van der Waals surface area contributed by atoms with Crippen LogP contribution in [0.15, 0.2) is 54.5 Å². The van der Waals surface area contributed by atoms with Crippen molar-refractivity contribution in [1.29, 1.82) is 0 Å². The van der Waals surface area contributed by atoms with Gasteiger partial charge in [-0.25, -0.2) is 4.79 Å². The molecule has 2 N–H and O–H groups in total. The monoisotopic (exact) mass is 443 g/mol. The molecule has 3 rings (SSSR count). The number of hydrogen-bond acceptors (Lipinski definition) is 5. The number of carboxylic acids is 1. The maximum atomic E-state index is 13.4. The summed E-state index contributed by atoms with van der Waals surface area (Å²) in [4.78, 5) is 39.3. The fourth-order valence-electron chi connectivity index (χ4n) is 3.80. The number of nitrogens with one attached hydrogen (secondary N) is 1. The van der Waals surface area contributed by atoms with Gasteiger partial charge in [-0.15, -0.1) is 0 Å². The van der Waals surface area contributed by atoms with E-state index < -0.39 is 54.1 Å². The van der Waals surface area contributed by atoms with Crippen LogP contribution in [0.5, 0.6) is 0 Å². The highest BCUT2D eigenvalue weighted by Crippen LogP contribution is 2.24. The van der Waals surface area contributed by atoms with Crippen molar-refractivity contribution >= 4 is 17.8 Å². The molecule has 1 amide bonds. The van der Waals surface area contributed by atoms with Crippen LogP contribution in [-0.2, 0) is 38.5 Å². The number of ether oxygens (including phenoxy) is 1. The van der Waals surface area contributed by atoms with Gasteiger partial charge in [0.25, 0.3) is 0 Å². The van der Waals surface area contributed by atoms with Crippen molar-refractivity contribution in [2.24, 2.45) is 0 Å². The molecule has 0 saturated heterocycles. The van der Waals surface area contributed by atoms with Gasteiger partial charge in [-0.05, 0) is 43.4 Å². The maximum absolute atomic E-state index is 13.4. The number of fused-ring (bicyclic) bond motifs is 1. The second-order valence-corrected chi connectivity index (χ2v) is 7.63. The van der Waals surface area contributed by atoms with E-state index in [0.717, 1.165) is 11.1 Å². The Kier molecular flexibility index (Phi) is 5.92. The number of nitrogens with zero attached hydrogens (tertiary/aromatic N) is 1. The number of aliphatic carboxylic acids is 1. The highest BCUT2D eigenvalue weighted by atomic mass is 16.5. The first-order valence-electron chi connectivity index (χ1n) is 13.1. The molecule has 0 spiro atoms. The number of rotatable bonds is 9. The van der Waals surface area contributed by atoms with E-state index in [1.54, 1.807) is 6.92 Å². The van der Waals surface area contributed by atoms with Crippen LogP contribution in [0.1, 0.15) is 43.8 Å². The van der Waals surface area contributed by atoms with Crippen LogP contribution in [0.3, 0.4) is 0 Å². The van der Waals surface area contributed by atoms with E-state index in [-0.39, 0.29) is 50.1 Å². The molecule has 0 bridgehead atoms. The number of carbonyl (C=O) groups is 3. The van der Waals surface area contributed by atoms with Crippen molar-refractivity contribution in [3.63, 3.8) is 0 Å². The molecule has 0 aromatic heterocycles. The number of benzene rings is 2. The molecule has 2 aromatic rings. The van der Waals surface area contributed by atoms with E-state index >= 15 is 0 Å². The van der Waals surface area contributed by atoms with Crippen LogP contribution in [0, 0.1) is 0 Å². The number of hydrogen-bond donors (Lipinski definition) is 2. The Bertz CT molecular complexity index is 1180. The SMILES string of the molecule is [2H]c1c([2H])c([2H])c(CC[C@@H](NC(C)C(=O)N2Cc3ccccc3C[C@H]2C(=O)O)C(=O)OCC)c([2H])c1[2H]. The molecule has 3 atom stereocenters. The second-order valence-electron chi connectivity index (χ2n) is 7.63.